The van der Waals surface area contributed by atoms with Gasteiger partial charge in [0.05, 0.1) is 26.9 Å². The molecule has 0 spiro atoms. The van der Waals surface area contributed by atoms with Gasteiger partial charge in [0.2, 0.25) is 5.89 Å². The van der Waals surface area contributed by atoms with E-state index >= 15 is 0 Å². The molecular formula is C27H33N3O5. The van der Waals surface area contributed by atoms with Gasteiger partial charge < -0.3 is 23.9 Å². The fourth-order valence-corrected chi connectivity index (χ4v) is 4.26. The van der Waals surface area contributed by atoms with Crippen molar-refractivity contribution >= 4 is 5.91 Å². The number of methoxy groups -OCH3 is 2. The van der Waals surface area contributed by atoms with Crippen molar-refractivity contribution in [3.8, 4) is 11.5 Å². The third-order valence-electron chi connectivity index (χ3n) is 6.33. The standard InChI is InChI=1S/C27H33N3O5/c1-19(20-8-5-4-6-9-20)30(16-21-14-22(32-2)11-12-25(21)33-3)17-26-29-24(18-35-26)27(31)28-15-23-10-7-13-34-23/h4-6,8-9,11-12,14,18-19,23H,7,10,13,15-17H2,1-3H3,(H,28,31). The van der Waals surface area contributed by atoms with Gasteiger partial charge in [-0.15, -0.1) is 0 Å². The monoisotopic (exact) mass is 479 g/mol. The molecule has 2 atom stereocenters. The molecular weight excluding hydrogens is 446 g/mol. The fourth-order valence-electron chi connectivity index (χ4n) is 4.26. The van der Waals surface area contributed by atoms with Crippen molar-refractivity contribution in [2.24, 2.45) is 0 Å². The van der Waals surface area contributed by atoms with Gasteiger partial charge in [-0.3, -0.25) is 9.69 Å². The first-order chi connectivity index (χ1) is 17.1. The van der Waals surface area contributed by atoms with E-state index in [9.17, 15) is 4.79 Å². The van der Waals surface area contributed by atoms with Crippen molar-refractivity contribution in [1.29, 1.82) is 0 Å². The van der Waals surface area contributed by atoms with E-state index in [1.807, 2.05) is 36.4 Å². The number of amides is 1. The minimum absolute atomic E-state index is 0.0517. The van der Waals surface area contributed by atoms with Crippen molar-refractivity contribution in [2.45, 2.75) is 45.0 Å². The molecule has 1 aliphatic rings. The number of hydrogen-bond donors (Lipinski definition) is 1. The predicted molar refractivity (Wildman–Crippen MR) is 131 cm³/mol. The van der Waals surface area contributed by atoms with Crippen LogP contribution in [0.2, 0.25) is 0 Å². The zero-order chi connectivity index (χ0) is 24.6. The second-order valence-electron chi connectivity index (χ2n) is 8.64. The maximum Gasteiger partial charge on any atom is 0.273 e. The van der Waals surface area contributed by atoms with Gasteiger partial charge in [-0.2, -0.15) is 0 Å². The van der Waals surface area contributed by atoms with Crippen molar-refractivity contribution in [2.75, 3.05) is 27.4 Å². The number of rotatable bonds is 11. The molecule has 1 fully saturated rings. The first-order valence-electron chi connectivity index (χ1n) is 11.9. The highest BCUT2D eigenvalue weighted by molar-refractivity contribution is 5.91. The first-order valence-corrected chi connectivity index (χ1v) is 11.9. The number of benzene rings is 2. The summed E-state index contributed by atoms with van der Waals surface area (Å²) in [6, 6.07) is 16.1. The summed E-state index contributed by atoms with van der Waals surface area (Å²) in [7, 11) is 3.31. The highest BCUT2D eigenvalue weighted by Crippen LogP contribution is 2.30. The number of aromatic nitrogens is 1. The molecule has 2 aromatic carbocycles. The lowest BCUT2D eigenvalue weighted by molar-refractivity contribution is 0.0853. The Morgan fingerprint density at radius 1 is 1.17 bits per heavy atom. The first kappa shape index (κ1) is 24.8. The lowest BCUT2D eigenvalue weighted by Crippen LogP contribution is -2.32. The van der Waals surface area contributed by atoms with Crippen LogP contribution in [0, 0.1) is 0 Å². The smallest absolute Gasteiger partial charge is 0.273 e. The summed E-state index contributed by atoms with van der Waals surface area (Å²) in [6.07, 6.45) is 3.48. The van der Waals surface area contributed by atoms with Gasteiger partial charge >= 0.3 is 0 Å². The van der Waals surface area contributed by atoms with Crippen molar-refractivity contribution in [1.82, 2.24) is 15.2 Å². The van der Waals surface area contributed by atoms with Crippen LogP contribution in [-0.2, 0) is 17.8 Å². The topological polar surface area (TPSA) is 86.1 Å². The van der Waals surface area contributed by atoms with E-state index in [1.54, 1.807) is 14.2 Å². The summed E-state index contributed by atoms with van der Waals surface area (Å²) in [4.78, 5) is 19.3. The van der Waals surface area contributed by atoms with E-state index in [1.165, 1.54) is 6.26 Å². The van der Waals surface area contributed by atoms with Gasteiger partial charge in [0.15, 0.2) is 5.69 Å². The molecule has 1 amide bonds. The molecule has 0 aliphatic carbocycles. The van der Waals surface area contributed by atoms with Gasteiger partial charge in [0, 0.05) is 31.3 Å². The molecule has 1 aromatic heterocycles. The second kappa shape index (κ2) is 11.9. The molecule has 8 heteroatoms. The quantitative estimate of drug-likeness (QED) is 0.437. The molecule has 1 N–H and O–H groups in total. The Bertz CT molecular complexity index is 1100. The molecule has 0 bridgehead atoms. The van der Waals surface area contributed by atoms with E-state index in [0.29, 0.717) is 25.5 Å². The summed E-state index contributed by atoms with van der Waals surface area (Å²) in [6.45, 7) is 4.35. The average molecular weight is 480 g/mol. The molecule has 4 rings (SSSR count). The van der Waals surface area contributed by atoms with Crippen molar-refractivity contribution < 1.29 is 23.4 Å². The highest BCUT2D eigenvalue weighted by atomic mass is 16.5. The molecule has 8 nitrogen and oxygen atoms in total. The largest absolute Gasteiger partial charge is 0.497 e. The third-order valence-corrected chi connectivity index (χ3v) is 6.33. The predicted octanol–water partition coefficient (Wildman–Crippen LogP) is 4.36. The van der Waals surface area contributed by atoms with E-state index in [-0.39, 0.29) is 23.7 Å². The molecule has 35 heavy (non-hydrogen) atoms. The van der Waals surface area contributed by atoms with Crippen LogP contribution in [0.25, 0.3) is 0 Å². The fraction of sp³-hybridized carbons (Fsp3) is 0.407. The Morgan fingerprint density at radius 2 is 2.00 bits per heavy atom. The van der Waals surface area contributed by atoms with Gasteiger partial charge in [-0.1, -0.05) is 30.3 Å². The summed E-state index contributed by atoms with van der Waals surface area (Å²) >= 11 is 0. The minimum Gasteiger partial charge on any atom is -0.497 e. The van der Waals surface area contributed by atoms with Crippen molar-refractivity contribution in [3.05, 3.63) is 77.5 Å². The Hall–Kier alpha value is -3.36. The summed E-state index contributed by atoms with van der Waals surface area (Å²) < 4.78 is 22.3. The lowest BCUT2D eigenvalue weighted by Gasteiger charge is -2.29. The second-order valence-corrected chi connectivity index (χ2v) is 8.64. The Balaban J connectivity index is 1.51. The number of carbonyl (C=O) groups excluding carboxylic acids is 1. The van der Waals surface area contributed by atoms with Gasteiger partial charge in [0.1, 0.15) is 17.8 Å². The zero-order valence-corrected chi connectivity index (χ0v) is 20.5. The Morgan fingerprint density at radius 3 is 2.71 bits per heavy atom. The van der Waals surface area contributed by atoms with Gasteiger partial charge in [0.25, 0.3) is 5.91 Å². The Kier molecular flexibility index (Phi) is 8.39. The highest BCUT2D eigenvalue weighted by Gasteiger charge is 2.23. The molecule has 0 saturated carbocycles. The van der Waals surface area contributed by atoms with Crippen molar-refractivity contribution in [3.63, 3.8) is 0 Å². The summed E-state index contributed by atoms with van der Waals surface area (Å²) in [5.41, 5.74) is 2.41. The molecule has 2 unspecified atom stereocenters. The molecule has 1 aliphatic heterocycles. The van der Waals surface area contributed by atoms with E-state index < -0.39 is 0 Å². The molecule has 3 aromatic rings. The maximum atomic E-state index is 12.6. The molecule has 0 radical (unpaired) electrons. The normalized spacial score (nSPS) is 16.3. The number of hydrogen-bond acceptors (Lipinski definition) is 7. The van der Waals surface area contributed by atoms with E-state index in [0.717, 1.165) is 42.1 Å². The third kappa shape index (κ3) is 6.41. The number of nitrogens with zero attached hydrogens (tertiary/aromatic N) is 2. The molecule has 186 valence electrons. The van der Waals surface area contributed by atoms with Crippen LogP contribution in [0.15, 0.2) is 59.2 Å². The number of carbonyl (C=O) groups is 1. The van der Waals surface area contributed by atoms with Gasteiger partial charge in [-0.25, -0.2) is 4.98 Å². The zero-order valence-electron chi connectivity index (χ0n) is 20.5. The lowest BCUT2D eigenvalue weighted by atomic mass is 10.1. The number of nitrogens with one attached hydrogen (secondary N) is 1. The number of ether oxygens (including phenoxy) is 3. The molecule has 1 saturated heterocycles. The van der Waals surface area contributed by atoms with E-state index in [4.69, 9.17) is 18.6 Å². The van der Waals surface area contributed by atoms with E-state index in [2.05, 4.69) is 34.3 Å². The van der Waals surface area contributed by atoms with Crippen LogP contribution in [0.1, 0.15) is 53.3 Å². The SMILES string of the molecule is COc1ccc(OC)c(CN(Cc2nc(C(=O)NCC3CCCO3)co2)C(C)c2ccccc2)c1. The van der Waals surface area contributed by atoms with Gasteiger partial charge in [-0.05, 0) is 43.5 Å². The van der Waals surface area contributed by atoms with Crippen LogP contribution < -0.4 is 14.8 Å². The molecule has 2 heterocycles. The van der Waals surface area contributed by atoms with Crippen LogP contribution in [0.4, 0.5) is 0 Å². The van der Waals surface area contributed by atoms with Crippen LogP contribution in [0.5, 0.6) is 11.5 Å². The maximum absolute atomic E-state index is 12.6. The van der Waals surface area contributed by atoms with Crippen LogP contribution in [0.3, 0.4) is 0 Å². The Labute approximate surface area is 206 Å². The summed E-state index contributed by atoms with van der Waals surface area (Å²) in [5.74, 6) is 1.75. The average Bonchev–Trinajstić information content (AvgIpc) is 3.59. The summed E-state index contributed by atoms with van der Waals surface area (Å²) in [5, 5.41) is 2.89. The van der Waals surface area contributed by atoms with Crippen LogP contribution >= 0.6 is 0 Å². The number of oxazole rings is 1. The minimum atomic E-state index is -0.257. The van der Waals surface area contributed by atoms with Crippen LogP contribution in [-0.4, -0.2) is 49.3 Å².